The molecule has 0 heterocycles. The molecule has 182 valence electrons. The first-order valence-corrected chi connectivity index (χ1v) is 10.8. The molecule has 0 aromatic heterocycles. The van der Waals surface area contributed by atoms with Crippen molar-refractivity contribution in [2.45, 2.75) is 25.6 Å². The highest BCUT2D eigenvalue weighted by molar-refractivity contribution is 5.88. The summed E-state index contributed by atoms with van der Waals surface area (Å²) in [6.45, 7) is 0. The zero-order chi connectivity index (χ0) is 25.4. The molecule has 0 saturated carbocycles. The van der Waals surface area contributed by atoms with Gasteiger partial charge in [-0.2, -0.15) is 0 Å². The minimum atomic E-state index is -4.81. The molecule has 1 unspecified atom stereocenters. The van der Waals surface area contributed by atoms with Crippen LogP contribution in [0.3, 0.4) is 0 Å². The highest BCUT2D eigenvalue weighted by Crippen LogP contribution is 2.28. The number of carbonyl (C=O) groups is 2. The summed E-state index contributed by atoms with van der Waals surface area (Å²) in [4.78, 5) is 22.2. The Balaban J connectivity index is 1.80. The molecule has 1 atom stereocenters. The van der Waals surface area contributed by atoms with Gasteiger partial charge in [0, 0.05) is 5.56 Å². The average molecular weight is 484 g/mol. The number of rotatable bonds is 10. The van der Waals surface area contributed by atoms with Gasteiger partial charge in [-0.05, 0) is 66.6 Å². The van der Waals surface area contributed by atoms with Gasteiger partial charge in [0.2, 0.25) is 0 Å². The van der Waals surface area contributed by atoms with E-state index < -0.39 is 18.3 Å². The normalized spacial score (nSPS) is 12.4. The molecular formula is C27H23F3O5. The number of alkyl halides is 3. The lowest BCUT2D eigenvalue weighted by Crippen LogP contribution is -2.17. The van der Waals surface area contributed by atoms with Gasteiger partial charge in [0.05, 0.1) is 11.1 Å². The van der Waals surface area contributed by atoms with Crippen LogP contribution in [0.2, 0.25) is 0 Å². The molecule has 0 spiro atoms. The Morgan fingerprint density at radius 3 is 1.91 bits per heavy atom. The van der Waals surface area contributed by atoms with E-state index >= 15 is 0 Å². The monoisotopic (exact) mass is 484 g/mol. The Kier molecular flexibility index (Phi) is 8.30. The third kappa shape index (κ3) is 8.03. The zero-order valence-corrected chi connectivity index (χ0v) is 18.5. The number of ether oxygens (including phenoxy) is 1. The lowest BCUT2D eigenvalue weighted by molar-refractivity contribution is -0.274. The number of benzene rings is 3. The quantitative estimate of drug-likeness (QED) is 0.344. The number of aromatic carboxylic acids is 2. The number of aryl methyl sites for hydroxylation is 1. The molecule has 35 heavy (non-hydrogen) atoms. The smallest absolute Gasteiger partial charge is 0.478 e. The number of carboxylic acids is 2. The molecule has 0 saturated heterocycles. The molecule has 3 rings (SSSR count). The molecule has 0 amide bonds. The maximum Gasteiger partial charge on any atom is 0.573 e. The number of allylic oxidation sites excluding steroid dienone is 1. The highest BCUT2D eigenvalue weighted by atomic mass is 19.4. The number of halogens is 3. The number of hydrogen-bond acceptors (Lipinski definition) is 3. The van der Waals surface area contributed by atoms with E-state index in [1.807, 2.05) is 6.08 Å². The van der Waals surface area contributed by atoms with E-state index in [1.165, 1.54) is 42.5 Å². The molecule has 0 fully saturated rings. The van der Waals surface area contributed by atoms with Gasteiger partial charge in [-0.3, -0.25) is 0 Å². The molecule has 0 aliphatic heterocycles. The summed E-state index contributed by atoms with van der Waals surface area (Å²) in [5, 5.41) is 18.2. The van der Waals surface area contributed by atoms with Crippen LogP contribution in [0.1, 0.15) is 43.8 Å². The van der Waals surface area contributed by atoms with Gasteiger partial charge in [-0.15, -0.1) is 13.2 Å². The van der Waals surface area contributed by atoms with Crippen molar-refractivity contribution in [1.82, 2.24) is 0 Å². The minimum absolute atomic E-state index is 0.0937. The summed E-state index contributed by atoms with van der Waals surface area (Å²) in [6, 6.07) is 18.8. The second-order valence-corrected chi connectivity index (χ2v) is 7.95. The molecular weight excluding hydrogens is 461 g/mol. The van der Waals surface area contributed by atoms with Crippen molar-refractivity contribution in [3.63, 3.8) is 0 Å². The van der Waals surface area contributed by atoms with Crippen molar-refractivity contribution in [1.29, 1.82) is 0 Å². The first-order valence-electron chi connectivity index (χ1n) is 10.8. The summed E-state index contributed by atoms with van der Waals surface area (Å²) in [7, 11) is 0. The highest BCUT2D eigenvalue weighted by Gasteiger charge is 2.31. The van der Waals surface area contributed by atoms with Crippen LogP contribution in [0.5, 0.6) is 5.75 Å². The molecule has 2 N–H and O–H groups in total. The van der Waals surface area contributed by atoms with Crippen LogP contribution in [0.25, 0.3) is 6.08 Å². The molecule has 0 aliphatic rings. The molecule has 3 aromatic rings. The maximum absolute atomic E-state index is 12.8. The van der Waals surface area contributed by atoms with Gasteiger partial charge in [0.1, 0.15) is 5.75 Å². The zero-order valence-electron chi connectivity index (χ0n) is 18.5. The Labute approximate surface area is 200 Å². The van der Waals surface area contributed by atoms with E-state index in [9.17, 15) is 22.8 Å². The van der Waals surface area contributed by atoms with Crippen LogP contribution in [0.15, 0.2) is 78.9 Å². The minimum Gasteiger partial charge on any atom is -0.478 e. The topological polar surface area (TPSA) is 83.8 Å². The van der Waals surface area contributed by atoms with Gasteiger partial charge >= 0.3 is 18.3 Å². The molecule has 0 bridgehead atoms. The summed E-state index contributed by atoms with van der Waals surface area (Å²) < 4.78 is 42.4. The van der Waals surface area contributed by atoms with Crippen LogP contribution in [-0.2, 0) is 12.8 Å². The van der Waals surface area contributed by atoms with Crippen LogP contribution in [-0.4, -0.2) is 28.5 Å². The van der Waals surface area contributed by atoms with Gasteiger partial charge in [-0.1, -0.05) is 54.6 Å². The summed E-state index contributed by atoms with van der Waals surface area (Å²) >= 11 is 0. The fourth-order valence-corrected chi connectivity index (χ4v) is 3.59. The number of hydrogen-bond donors (Lipinski definition) is 2. The SMILES string of the molecule is O=C(O)c1ccc(CCC(/C=C/c2ccccc2OC(F)(F)F)Cc2ccc(C(=O)O)cc2)cc1. The first-order chi connectivity index (χ1) is 16.6. The van der Waals surface area contributed by atoms with E-state index in [2.05, 4.69) is 4.74 Å². The predicted molar refractivity (Wildman–Crippen MR) is 124 cm³/mol. The van der Waals surface area contributed by atoms with Crippen LogP contribution in [0, 0.1) is 5.92 Å². The lowest BCUT2D eigenvalue weighted by atomic mass is 9.91. The number of para-hydroxylation sites is 1. The summed E-state index contributed by atoms with van der Waals surface area (Å²) in [6.07, 6.45) is 0.373. The van der Waals surface area contributed by atoms with Crippen molar-refractivity contribution >= 4 is 18.0 Å². The maximum atomic E-state index is 12.8. The predicted octanol–water partition coefficient (Wildman–Crippen LogP) is 6.49. The fourth-order valence-electron chi connectivity index (χ4n) is 3.59. The Morgan fingerprint density at radius 2 is 1.37 bits per heavy atom. The Bertz CT molecular complexity index is 1180. The Hall–Kier alpha value is -4.07. The molecule has 3 aromatic carbocycles. The van der Waals surface area contributed by atoms with Gasteiger partial charge in [0.25, 0.3) is 0 Å². The van der Waals surface area contributed by atoms with Gasteiger partial charge < -0.3 is 14.9 Å². The van der Waals surface area contributed by atoms with Crippen molar-refractivity contribution in [2.75, 3.05) is 0 Å². The Morgan fingerprint density at radius 1 is 0.829 bits per heavy atom. The summed E-state index contributed by atoms with van der Waals surface area (Å²) in [5.74, 6) is -2.44. The second kappa shape index (κ2) is 11.4. The van der Waals surface area contributed by atoms with E-state index in [1.54, 1.807) is 36.4 Å². The average Bonchev–Trinajstić information content (AvgIpc) is 2.81. The van der Waals surface area contributed by atoms with Crippen LogP contribution < -0.4 is 4.74 Å². The van der Waals surface area contributed by atoms with Crippen molar-refractivity contribution in [3.05, 3.63) is 107 Å². The van der Waals surface area contributed by atoms with Crippen molar-refractivity contribution in [2.24, 2.45) is 5.92 Å². The standard InChI is InChI=1S/C27H23F3O5/c28-27(29,30)35-24-4-2-1-3-21(24)12-9-19(17-20-10-15-23(16-11-20)26(33)34)6-5-18-7-13-22(14-8-18)25(31)32/h1-4,7-16,19H,5-6,17H2,(H,31,32)(H,33,34)/b12-9+. The third-order valence-electron chi connectivity index (χ3n) is 5.40. The van der Waals surface area contributed by atoms with Gasteiger partial charge in [-0.25, -0.2) is 9.59 Å². The second-order valence-electron chi connectivity index (χ2n) is 7.95. The van der Waals surface area contributed by atoms with E-state index in [0.29, 0.717) is 19.3 Å². The lowest BCUT2D eigenvalue weighted by Gasteiger charge is -2.15. The largest absolute Gasteiger partial charge is 0.573 e. The molecule has 5 nitrogen and oxygen atoms in total. The fraction of sp³-hybridized carbons (Fsp3) is 0.185. The van der Waals surface area contributed by atoms with Crippen LogP contribution in [0.4, 0.5) is 13.2 Å². The van der Waals surface area contributed by atoms with Gasteiger partial charge in [0.15, 0.2) is 0 Å². The molecule has 0 radical (unpaired) electrons. The third-order valence-corrected chi connectivity index (χ3v) is 5.40. The van der Waals surface area contributed by atoms with E-state index in [-0.39, 0.29) is 28.4 Å². The molecule has 0 aliphatic carbocycles. The van der Waals surface area contributed by atoms with E-state index in [4.69, 9.17) is 10.2 Å². The van der Waals surface area contributed by atoms with E-state index in [0.717, 1.165) is 11.1 Å². The first kappa shape index (κ1) is 25.6. The van der Waals surface area contributed by atoms with Crippen molar-refractivity contribution in [3.8, 4) is 5.75 Å². The summed E-state index contributed by atoms with van der Waals surface area (Å²) in [5.41, 5.74) is 2.44. The van der Waals surface area contributed by atoms with Crippen LogP contribution >= 0.6 is 0 Å². The van der Waals surface area contributed by atoms with Crippen molar-refractivity contribution < 1.29 is 37.7 Å². The molecule has 8 heteroatoms. The number of carboxylic acid groups (broad SMARTS) is 2.